The molecule has 0 saturated carbocycles. The minimum absolute atomic E-state index is 0.0689. The van der Waals surface area contributed by atoms with Crippen LogP contribution in [0.25, 0.3) is 0 Å². The fourth-order valence-corrected chi connectivity index (χ4v) is 1.98. The van der Waals surface area contributed by atoms with E-state index in [1.165, 1.54) is 0 Å². The normalized spacial score (nSPS) is 20.8. The van der Waals surface area contributed by atoms with Crippen LogP contribution in [0.4, 0.5) is 0 Å². The molecule has 5 nitrogen and oxygen atoms in total. The summed E-state index contributed by atoms with van der Waals surface area (Å²) in [4.78, 5) is 24.2. The lowest BCUT2D eigenvalue weighted by molar-refractivity contribution is -0.145. The molecule has 0 bridgehead atoms. The Kier molecular flexibility index (Phi) is 5.25. The number of carboxylic acids is 1. The SMILES string of the molecule is NCCCCC(=O)N1CCCC(C(=O)O)C1. The minimum atomic E-state index is -0.792. The number of likely N-dealkylation sites (tertiary alicyclic amines) is 1. The molecule has 0 aromatic rings. The van der Waals surface area contributed by atoms with Crippen molar-refractivity contribution in [1.82, 2.24) is 4.90 Å². The standard InChI is InChI=1S/C11H20N2O3/c12-6-2-1-5-10(14)13-7-3-4-9(8-13)11(15)16/h9H,1-8,12H2,(H,15,16). The third-order valence-electron chi connectivity index (χ3n) is 2.97. The van der Waals surface area contributed by atoms with Crippen LogP contribution in [0.2, 0.25) is 0 Å². The van der Waals surface area contributed by atoms with E-state index in [-0.39, 0.29) is 11.8 Å². The fourth-order valence-electron chi connectivity index (χ4n) is 1.98. The summed E-state index contributed by atoms with van der Waals surface area (Å²) in [6.07, 6.45) is 3.61. The highest BCUT2D eigenvalue weighted by Gasteiger charge is 2.27. The number of nitrogens with two attached hydrogens (primary N) is 1. The molecule has 0 radical (unpaired) electrons. The molecular formula is C11H20N2O3. The molecule has 1 rings (SSSR count). The highest BCUT2D eigenvalue weighted by molar-refractivity contribution is 5.78. The highest BCUT2D eigenvalue weighted by Crippen LogP contribution is 2.17. The first kappa shape index (κ1) is 13.0. The second-order valence-corrected chi connectivity index (χ2v) is 4.26. The molecule has 0 aromatic carbocycles. The van der Waals surface area contributed by atoms with Crippen molar-refractivity contribution in [2.24, 2.45) is 11.7 Å². The summed E-state index contributed by atoms with van der Waals surface area (Å²) < 4.78 is 0. The number of carbonyl (C=O) groups is 2. The molecule has 1 amide bonds. The van der Waals surface area contributed by atoms with E-state index in [2.05, 4.69) is 0 Å². The Bertz CT molecular complexity index is 256. The van der Waals surface area contributed by atoms with Crippen molar-refractivity contribution in [3.63, 3.8) is 0 Å². The number of carboxylic acid groups (broad SMARTS) is 1. The number of hydrogen-bond acceptors (Lipinski definition) is 3. The predicted molar refractivity (Wildman–Crippen MR) is 59.8 cm³/mol. The number of amides is 1. The van der Waals surface area contributed by atoms with Crippen LogP contribution >= 0.6 is 0 Å². The summed E-state index contributed by atoms with van der Waals surface area (Å²) in [5.74, 6) is -1.11. The quantitative estimate of drug-likeness (QED) is 0.669. The number of hydrogen-bond donors (Lipinski definition) is 2. The van der Waals surface area contributed by atoms with Gasteiger partial charge in [0.1, 0.15) is 0 Å². The maximum atomic E-state index is 11.7. The van der Waals surface area contributed by atoms with Crippen LogP contribution < -0.4 is 5.73 Å². The molecule has 0 aliphatic carbocycles. The third kappa shape index (κ3) is 3.81. The molecule has 3 N–H and O–H groups in total. The molecular weight excluding hydrogens is 208 g/mol. The largest absolute Gasteiger partial charge is 0.481 e. The summed E-state index contributed by atoms with van der Waals surface area (Å²) in [7, 11) is 0. The molecule has 1 fully saturated rings. The van der Waals surface area contributed by atoms with Crippen molar-refractivity contribution >= 4 is 11.9 Å². The molecule has 1 atom stereocenters. The van der Waals surface area contributed by atoms with Gasteiger partial charge in [-0.25, -0.2) is 0 Å². The average Bonchev–Trinajstić information content (AvgIpc) is 2.29. The molecule has 1 unspecified atom stereocenters. The topological polar surface area (TPSA) is 83.6 Å². The van der Waals surface area contributed by atoms with E-state index in [9.17, 15) is 9.59 Å². The number of nitrogens with zero attached hydrogens (tertiary/aromatic N) is 1. The number of carbonyl (C=O) groups excluding carboxylic acids is 1. The van der Waals surface area contributed by atoms with Crippen molar-refractivity contribution in [1.29, 1.82) is 0 Å². The smallest absolute Gasteiger partial charge is 0.308 e. The second kappa shape index (κ2) is 6.48. The van der Waals surface area contributed by atoms with Gasteiger partial charge in [0.05, 0.1) is 5.92 Å². The number of aliphatic carboxylic acids is 1. The van der Waals surface area contributed by atoms with Gasteiger partial charge in [0, 0.05) is 19.5 Å². The minimum Gasteiger partial charge on any atom is -0.481 e. The highest BCUT2D eigenvalue weighted by atomic mass is 16.4. The number of rotatable bonds is 5. The van der Waals surface area contributed by atoms with Crippen molar-refractivity contribution in [3.8, 4) is 0 Å². The van der Waals surface area contributed by atoms with E-state index in [0.717, 1.165) is 19.3 Å². The van der Waals surface area contributed by atoms with Crippen LogP contribution in [0.1, 0.15) is 32.1 Å². The zero-order valence-corrected chi connectivity index (χ0v) is 9.52. The van der Waals surface area contributed by atoms with Crippen molar-refractivity contribution in [2.45, 2.75) is 32.1 Å². The van der Waals surface area contributed by atoms with Crippen LogP contribution in [-0.4, -0.2) is 41.5 Å². The summed E-state index contributed by atoms with van der Waals surface area (Å²) in [6.45, 7) is 1.67. The first-order valence-corrected chi connectivity index (χ1v) is 5.85. The van der Waals surface area contributed by atoms with Crippen molar-refractivity contribution < 1.29 is 14.7 Å². The van der Waals surface area contributed by atoms with Crippen LogP contribution in [0, 0.1) is 5.92 Å². The third-order valence-corrected chi connectivity index (χ3v) is 2.97. The van der Waals surface area contributed by atoms with E-state index in [0.29, 0.717) is 32.5 Å². The lowest BCUT2D eigenvalue weighted by Crippen LogP contribution is -2.42. The maximum absolute atomic E-state index is 11.7. The fraction of sp³-hybridized carbons (Fsp3) is 0.818. The van der Waals surface area contributed by atoms with Gasteiger partial charge in [-0.05, 0) is 32.2 Å². The van der Waals surface area contributed by atoms with Crippen LogP contribution in [0.5, 0.6) is 0 Å². The molecule has 1 heterocycles. The Balaban J connectivity index is 2.35. The summed E-state index contributed by atoms with van der Waals surface area (Å²) in [6, 6.07) is 0. The van der Waals surface area contributed by atoms with Crippen molar-refractivity contribution in [2.75, 3.05) is 19.6 Å². The monoisotopic (exact) mass is 228 g/mol. The van der Waals surface area contributed by atoms with E-state index in [1.807, 2.05) is 0 Å². The van der Waals surface area contributed by atoms with Crippen LogP contribution in [0.15, 0.2) is 0 Å². The van der Waals surface area contributed by atoms with Gasteiger partial charge in [-0.1, -0.05) is 0 Å². The first-order chi connectivity index (χ1) is 7.65. The summed E-state index contributed by atoms with van der Waals surface area (Å²) in [5.41, 5.74) is 5.35. The molecule has 92 valence electrons. The molecule has 16 heavy (non-hydrogen) atoms. The Morgan fingerprint density at radius 3 is 2.75 bits per heavy atom. The lowest BCUT2D eigenvalue weighted by Gasteiger charge is -2.30. The molecule has 0 aromatic heterocycles. The molecule has 5 heteroatoms. The molecule has 0 spiro atoms. The zero-order valence-electron chi connectivity index (χ0n) is 9.52. The van der Waals surface area contributed by atoms with Gasteiger partial charge in [-0.2, -0.15) is 0 Å². The van der Waals surface area contributed by atoms with E-state index in [1.54, 1.807) is 4.90 Å². The van der Waals surface area contributed by atoms with Crippen LogP contribution in [-0.2, 0) is 9.59 Å². The summed E-state index contributed by atoms with van der Waals surface area (Å²) in [5, 5.41) is 8.90. The Morgan fingerprint density at radius 1 is 1.38 bits per heavy atom. The zero-order chi connectivity index (χ0) is 12.0. The van der Waals surface area contributed by atoms with Crippen LogP contribution in [0.3, 0.4) is 0 Å². The summed E-state index contributed by atoms with van der Waals surface area (Å²) >= 11 is 0. The van der Waals surface area contributed by atoms with Gasteiger partial charge in [0.25, 0.3) is 0 Å². The maximum Gasteiger partial charge on any atom is 0.308 e. The van der Waals surface area contributed by atoms with E-state index in [4.69, 9.17) is 10.8 Å². The number of unbranched alkanes of at least 4 members (excludes halogenated alkanes) is 1. The predicted octanol–water partition coefficient (Wildman–Crippen LogP) is 0.439. The van der Waals surface area contributed by atoms with Gasteiger partial charge >= 0.3 is 5.97 Å². The van der Waals surface area contributed by atoms with Crippen molar-refractivity contribution in [3.05, 3.63) is 0 Å². The van der Waals surface area contributed by atoms with E-state index >= 15 is 0 Å². The lowest BCUT2D eigenvalue weighted by atomic mass is 9.98. The Morgan fingerprint density at radius 2 is 2.12 bits per heavy atom. The first-order valence-electron chi connectivity index (χ1n) is 5.85. The molecule has 1 saturated heterocycles. The van der Waals surface area contributed by atoms with Gasteiger partial charge in [-0.3, -0.25) is 9.59 Å². The molecule has 1 aliphatic rings. The average molecular weight is 228 g/mol. The number of piperidine rings is 1. The van der Waals surface area contributed by atoms with Gasteiger partial charge in [0.15, 0.2) is 0 Å². The van der Waals surface area contributed by atoms with Gasteiger partial charge in [0.2, 0.25) is 5.91 Å². The van der Waals surface area contributed by atoms with Gasteiger partial charge < -0.3 is 15.7 Å². The Hall–Kier alpha value is -1.10. The van der Waals surface area contributed by atoms with E-state index < -0.39 is 5.97 Å². The molecule has 1 aliphatic heterocycles. The van der Waals surface area contributed by atoms with Gasteiger partial charge in [-0.15, -0.1) is 0 Å². The Labute approximate surface area is 95.6 Å². The second-order valence-electron chi connectivity index (χ2n) is 4.26.